The number of anilines is 1. The first-order valence-corrected chi connectivity index (χ1v) is 9.22. The van der Waals surface area contributed by atoms with Crippen molar-refractivity contribution in [2.45, 2.75) is 0 Å². The van der Waals surface area contributed by atoms with Gasteiger partial charge in [-0.15, -0.1) is 0 Å². The van der Waals surface area contributed by atoms with E-state index >= 15 is 0 Å². The average Bonchev–Trinajstić information content (AvgIpc) is 3.21. The number of non-ortho nitro benzene ring substituents is 1. The highest BCUT2D eigenvalue weighted by Crippen LogP contribution is 2.31. The van der Waals surface area contributed by atoms with Crippen LogP contribution in [0.4, 0.5) is 17.1 Å². The third-order valence-electron chi connectivity index (χ3n) is 4.40. The Hall–Kier alpha value is -4.80. The molecule has 0 aliphatic heterocycles. The molecule has 0 radical (unpaired) electrons. The van der Waals surface area contributed by atoms with Crippen molar-refractivity contribution in [1.29, 1.82) is 0 Å². The molecule has 0 spiro atoms. The van der Waals surface area contributed by atoms with Crippen molar-refractivity contribution < 1.29 is 23.8 Å². The predicted octanol–water partition coefficient (Wildman–Crippen LogP) is 4.33. The van der Waals surface area contributed by atoms with Crippen LogP contribution in [0.3, 0.4) is 0 Å². The summed E-state index contributed by atoms with van der Waals surface area (Å²) in [6, 6.07) is 17.2. The molecule has 160 valence electrons. The SMILES string of the molecule is O=C(COc1ccc([N+](=O)[O-])cc1[N+](=O)[O-])Nc1ccc2nc(-c3ccccc3)oc2c1. The van der Waals surface area contributed by atoms with Gasteiger partial charge in [0, 0.05) is 23.4 Å². The lowest BCUT2D eigenvalue weighted by Gasteiger charge is -2.08. The number of rotatable bonds is 7. The molecule has 11 heteroatoms. The molecule has 0 aliphatic carbocycles. The fraction of sp³-hybridized carbons (Fsp3) is 0.0476. The maximum absolute atomic E-state index is 12.2. The Morgan fingerprint density at radius 3 is 2.50 bits per heavy atom. The molecule has 11 nitrogen and oxygen atoms in total. The lowest BCUT2D eigenvalue weighted by Crippen LogP contribution is -2.20. The number of nitro benzene ring substituents is 2. The molecule has 4 rings (SSSR count). The number of ether oxygens (including phenoxy) is 1. The number of benzene rings is 3. The van der Waals surface area contributed by atoms with Crippen LogP contribution in [-0.4, -0.2) is 27.3 Å². The first kappa shape index (κ1) is 20.5. The summed E-state index contributed by atoms with van der Waals surface area (Å²) in [7, 11) is 0. The van der Waals surface area contributed by atoms with Crippen LogP contribution in [0.2, 0.25) is 0 Å². The van der Waals surface area contributed by atoms with E-state index in [2.05, 4.69) is 10.3 Å². The van der Waals surface area contributed by atoms with E-state index in [1.807, 2.05) is 30.3 Å². The zero-order valence-electron chi connectivity index (χ0n) is 16.3. The Kier molecular flexibility index (Phi) is 5.45. The van der Waals surface area contributed by atoms with Gasteiger partial charge < -0.3 is 14.5 Å². The van der Waals surface area contributed by atoms with Gasteiger partial charge in [0.1, 0.15) is 5.52 Å². The van der Waals surface area contributed by atoms with Gasteiger partial charge >= 0.3 is 5.69 Å². The zero-order chi connectivity index (χ0) is 22.7. The number of nitro groups is 2. The Morgan fingerprint density at radius 2 is 1.78 bits per heavy atom. The van der Waals surface area contributed by atoms with Gasteiger partial charge in [0.25, 0.3) is 11.6 Å². The topological polar surface area (TPSA) is 151 Å². The number of carbonyl (C=O) groups is 1. The Labute approximate surface area is 179 Å². The smallest absolute Gasteiger partial charge is 0.317 e. The highest BCUT2D eigenvalue weighted by Gasteiger charge is 2.21. The Balaban J connectivity index is 1.45. The maximum Gasteiger partial charge on any atom is 0.317 e. The first-order valence-electron chi connectivity index (χ1n) is 9.22. The molecule has 0 fully saturated rings. The third-order valence-corrected chi connectivity index (χ3v) is 4.40. The van der Waals surface area contributed by atoms with E-state index in [0.29, 0.717) is 22.7 Å². The van der Waals surface area contributed by atoms with Crippen molar-refractivity contribution in [2.75, 3.05) is 11.9 Å². The highest BCUT2D eigenvalue weighted by molar-refractivity contribution is 5.94. The number of hydrogen-bond acceptors (Lipinski definition) is 8. The van der Waals surface area contributed by atoms with Crippen LogP contribution in [-0.2, 0) is 4.79 Å². The second-order valence-electron chi connectivity index (χ2n) is 6.57. The van der Waals surface area contributed by atoms with Crippen LogP contribution in [0.1, 0.15) is 0 Å². The molecule has 0 bridgehead atoms. The molecule has 4 aromatic rings. The van der Waals surface area contributed by atoms with E-state index in [1.54, 1.807) is 18.2 Å². The van der Waals surface area contributed by atoms with Gasteiger partial charge in [-0.25, -0.2) is 4.98 Å². The van der Waals surface area contributed by atoms with Gasteiger partial charge in [0.15, 0.2) is 17.9 Å². The molecule has 0 aliphatic rings. The number of oxazole rings is 1. The molecule has 0 saturated heterocycles. The van der Waals surface area contributed by atoms with Crippen LogP contribution in [0, 0.1) is 20.2 Å². The number of amides is 1. The van der Waals surface area contributed by atoms with Crippen LogP contribution in [0.5, 0.6) is 5.75 Å². The number of nitrogens with one attached hydrogen (secondary N) is 1. The number of aromatic nitrogens is 1. The zero-order valence-corrected chi connectivity index (χ0v) is 16.3. The van der Waals surface area contributed by atoms with Crippen molar-refractivity contribution in [2.24, 2.45) is 0 Å². The summed E-state index contributed by atoms with van der Waals surface area (Å²) in [4.78, 5) is 37.0. The molecule has 1 heterocycles. The largest absolute Gasteiger partial charge is 0.477 e. The van der Waals surface area contributed by atoms with Crippen LogP contribution < -0.4 is 10.1 Å². The van der Waals surface area contributed by atoms with E-state index in [9.17, 15) is 25.0 Å². The van der Waals surface area contributed by atoms with Crippen molar-refractivity contribution in [3.05, 3.63) is 87.0 Å². The van der Waals surface area contributed by atoms with E-state index in [1.165, 1.54) is 0 Å². The van der Waals surface area contributed by atoms with Crippen LogP contribution in [0.15, 0.2) is 71.1 Å². The summed E-state index contributed by atoms with van der Waals surface area (Å²) in [6.07, 6.45) is 0. The predicted molar refractivity (Wildman–Crippen MR) is 113 cm³/mol. The van der Waals surface area contributed by atoms with Gasteiger partial charge in [-0.3, -0.25) is 25.0 Å². The molecule has 1 amide bonds. The van der Waals surface area contributed by atoms with Gasteiger partial charge in [0.05, 0.1) is 15.9 Å². The summed E-state index contributed by atoms with van der Waals surface area (Å²) in [5, 5.41) is 24.5. The van der Waals surface area contributed by atoms with E-state index in [-0.39, 0.29) is 5.75 Å². The lowest BCUT2D eigenvalue weighted by atomic mass is 10.2. The second kappa shape index (κ2) is 8.52. The second-order valence-corrected chi connectivity index (χ2v) is 6.57. The number of hydrogen-bond donors (Lipinski definition) is 1. The number of fused-ring (bicyclic) bond motifs is 1. The number of nitrogens with zero attached hydrogens (tertiary/aromatic N) is 3. The van der Waals surface area contributed by atoms with E-state index < -0.39 is 33.7 Å². The van der Waals surface area contributed by atoms with Crippen LogP contribution in [0.25, 0.3) is 22.6 Å². The molecular weight excluding hydrogens is 420 g/mol. The summed E-state index contributed by atoms with van der Waals surface area (Å²) >= 11 is 0. The molecule has 0 saturated carbocycles. The monoisotopic (exact) mass is 434 g/mol. The molecule has 3 aromatic carbocycles. The number of carbonyl (C=O) groups excluding carboxylic acids is 1. The quantitative estimate of drug-likeness (QED) is 0.333. The average molecular weight is 434 g/mol. The fourth-order valence-electron chi connectivity index (χ4n) is 2.93. The van der Waals surface area contributed by atoms with Crippen molar-refractivity contribution in [3.63, 3.8) is 0 Å². The normalized spacial score (nSPS) is 10.6. The van der Waals surface area contributed by atoms with Gasteiger partial charge in [0.2, 0.25) is 5.89 Å². The molecule has 0 unspecified atom stereocenters. The van der Waals surface area contributed by atoms with Crippen LogP contribution >= 0.6 is 0 Å². The molecular formula is C21H14N4O7. The Bertz CT molecular complexity index is 1330. The van der Waals surface area contributed by atoms with E-state index in [0.717, 1.165) is 23.8 Å². The molecule has 1 N–H and O–H groups in total. The maximum atomic E-state index is 12.2. The van der Waals surface area contributed by atoms with Gasteiger partial charge in [-0.2, -0.15) is 0 Å². The van der Waals surface area contributed by atoms with Gasteiger partial charge in [-0.1, -0.05) is 18.2 Å². The molecule has 1 aromatic heterocycles. The molecule has 32 heavy (non-hydrogen) atoms. The van der Waals surface area contributed by atoms with Crippen molar-refractivity contribution in [3.8, 4) is 17.2 Å². The van der Waals surface area contributed by atoms with Crippen molar-refractivity contribution in [1.82, 2.24) is 4.98 Å². The molecule has 0 atom stereocenters. The minimum atomic E-state index is -0.817. The minimum Gasteiger partial charge on any atom is -0.477 e. The minimum absolute atomic E-state index is 0.256. The summed E-state index contributed by atoms with van der Waals surface area (Å²) in [5.41, 5.74) is 1.24. The third kappa shape index (κ3) is 4.36. The standard InChI is InChI=1S/C21H14N4O7/c26-20(12-31-18-9-7-15(24(27)28)11-17(18)25(29)30)22-14-6-8-16-19(10-14)32-21(23-16)13-4-2-1-3-5-13/h1-11H,12H2,(H,22,26). The summed E-state index contributed by atoms with van der Waals surface area (Å²) in [6.45, 7) is -0.539. The fourth-order valence-corrected chi connectivity index (χ4v) is 2.93. The lowest BCUT2D eigenvalue weighted by molar-refractivity contribution is -0.394. The Morgan fingerprint density at radius 1 is 1.00 bits per heavy atom. The first-order chi connectivity index (χ1) is 15.4. The van der Waals surface area contributed by atoms with Crippen molar-refractivity contribution >= 4 is 34.1 Å². The van der Waals surface area contributed by atoms with E-state index in [4.69, 9.17) is 9.15 Å². The summed E-state index contributed by atoms with van der Waals surface area (Å²) < 4.78 is 11.0. The van der Waals surface area contributed by atoms with Gasteiger partial charge in [-0.05, 0) is 30.3 Å². The highest BCUT2D eigenvalue weighted by atomic mass is 16.6. The summed E-state index contributed by atoms with van der Waals surface area (Å²) in [5.74, 6) is -0.397.